The van der Waals surface area contributed by atoms with Crippen LogP contribution >= 0.6 is 11.3 Å². The lowest BCUT2D eigenvalue weighted by Gasteiger charge is -2.24. The lowest BCUT2D eigenvalue weighted by molar-refractivity contribution is -0.126. The fourth-order valence-corrected chi connectivity index (χ4v) is 4.12. The Bertz CT molecular complexity index is 979. The zero-order valence-electron chi connectivity index (χ0n) is 15.1. The maximum absolute atomic E-state index is 12.0. The molecular formula is C18H21N7OS. The van der Waals surface area contributed by atoms with E-state index in [9.17, 15) is 4.79 Å². The van der Waals surface area contributed by atoms with Gasteiger partial charge in [-0.25, -0.2) is 4.98 Å². The minimum absolute atomic E-state index is 0.0119. The van der Waals surface area contributed by atoms with Crippen molar-refractivity contribution in [1.29, 1.82) is 0 Å². The summed E-state index contributed by atoms with van der Waals surface area (Å²) in [6, 6.07) is 2.12. The second-order valence-corrected chi connectivity index (χ2v) is 7.39. The molecule has 140 valence electrons. The predicted octanol–water partition coefficient (Wildman–Crippen LogP) is 2.76. The molecule has 0 unspecified atom stereocenters. The van der Waals surface area contributed by atoms with Crippen LogP contribution in [0.15, 0.2) is 36.5 Å². The Morgan fingerprint density at radius 3 is 3.15 bits per heavy atom. The Morgan fingerprint density at radius 2 is 2.37 bits per heavy atom. The van der Waals surface area contributed by atoms with Crippen molar-refractivity contribution in [1.82, 2.24) is 24.6 Å². The molecule has 1 aliphatic rings. The predicted molar refractivity (Wildman–Crippen MR) is 107 cm³/mol. The summed E-state index contributed by atoms with van der Waals surface area (Å²) in [5.74, 6) is 1.28. The van der Waals surface area contributed by atoms with Gasteiger partial charge in [-0.1, -0.05) is 6.58 Å². The van der Waals surface area contributed by atoms with Gasteiger partial charge in [0.1, 0.15) is 5.82 Å². The van der Waals surface area contributed by atoms with Gasteiger partial charge in [-0.2, -0.15) is 10.1 Å². The van der Waals surface area contributed by atoms with E-state index in [-0.39, 0.29) is 11.9 Å². The molecule has 3 aromatic rings. The maximum atomic E-state index is 12.0. The van der Waals surface area contributed by atoms with Crippen molar-refractivity contribution in [3.8, 4) is 0 Å². The topological polar surface area (TPSA) is 88.0 Å². The first-order chi connectivity index (χ1) is 13.1. The summed E-state index contributed by atoms with van der Waals surface area (Å²) >= 11 is 1.60. The third-order valence-electron chi connectivity index (χ3n) is 4.60. The molecule has 0 bridgehead atoms. The van der Waals surface area contributed by atoms with Gasteiger partial charge in [-0.05, 0) is 30.4 Å². The number of carbonyl (C=O) groups excluding carboxylic acids is 1. The number of nitrogens with zero attached hydrogens (tertiary/aromatic N) is 5. The van der Waals surface area contributed by atoms with Crippen LogP contribution in [0.4, 0.5) is 17.5 Å². The number of thiophene rings is 1. The molecule has 27 heavy (non-hydrogen) atoms. The summed E-state index contributed by atoms with van der Waals surface area (Å²) in [5.41, 5.74) is 1.71. The Morgan fingerprint density at radius 1 is 1.48 bits per heavy atom. The van der Waals surface area contributed by atoms with Crippen molar-refractivity contribution >= 4 is 44.9 Å². The molecule has 0 aromatic carbocycles. The number of fused-ring (bicyclic) bond motifs is 1. The highest BCUT2D eigenvalue weighted by Crippen LogP contribution is 2.29. The molecular weight excluding hydrogens is 362 g/mol. The zero-order chi connectivity index (χ0) is 18.8. The van der Waals surface area contributed by atoms with Crippen molar-refractivity contribution in [3.63, 3.8) is 0 Å². The van der Waals surface area contributed by atoms with Gasteiger partial charge in [-0.15, -0.1) is 11.3 Å². The SMILES string of the molecule is C=CC(=O)N1CCC[C@@H]1CNc1nc(Nc2cnn(C)c2)nc2ccsc12. The van der Waals surface area contributed by atoms with Crippen LogP contribution in [0.25, 0.3) is 10.2 Å². The average Bonchev–Trinajstić information content (AvgIpc) is 3.39. The highest BCUT2D eigenvalue weighted by atomic mass is 32.1. The average molecular weight is 383 g/mol. The fourth-order valence-electron chi connectivity index (χ4n) is 3.32. The number of rotatable bonds is 6. The molecule has 3 aromatic heterocycles. The number of hydrogen-bond donors (Lipinski definition) is 2. The van der Waals surface area contributed by atoms with Crippen LogP contribution in [0.1, 0.15) is 12.8 Å². The molecule has 8 nitrogen and oxygen atoms in total. The quantitative estimate of drug-likeness (QED) is 0.637. The summed E-state index contributed by atoms with van der Waals surface area (Å²) in [5, 5.41) is 12.8. The van der Waals surface area contributed by atoms with Crippen molar-refractivity contribution in [2.75, 3.05) is 23.7 Å². The van der Waals surface area contributed by atoms with E-state index in [1.807, 2.05) is 29.6 Å². The lowest BCUT2D eigenvalue weighted by Crippen LogP contribution is -2.38. The number of aromatic nitrogens is 4. The molecule has 1 fully saturated rings. The first-order valence-corrected chi connectivity index (χ1v) is 9.70. The van der Waals surface area contributed by atoms with Crippen molar-refractivity contribution in [2.45, 2.75) is 18.9 Å². The minimum atomic E-state index is -0.0119. The summed E-state index contributed by atoms with van der Waals surface area (Å²) in [7, 11) is 1.86. The van der Waals surface area contributed by atoms with Crippen LogP contribution in [0.3, 0.4) is 0 Å². The van der Waals surface area contributed by atoms with Crippen LogP contribution in [-0.4, -0.2) is 49.7 Å². The van der Waals surface area contributed by atoms with E-state index in [4.69, 9.17) is 0 Å². The molecule has 0 aliphatic carbocycles. The highest BCUT2D eigenvalue weighted by molar-refractivity contribution is 7.17. The summed E-state index contributed by atoms with van der Waals surface area (Å²) in [6.07, 6.45) is 6.97. The number of likely N-dealkylation sites (tertiary alicyclic amines) is 1. The fraction of sp³-hybridized carbons (Fsp3) is 0.333. The van der Waals surface area contributed by atoms with Gasteiger partial charge in [0.25, 0.3) is 0 Å². The van der Waals surface area contributed by atoms with E-state index in [2.05, 4.69) is 32.3 Å². The monoisotopic (exact) mass is 383 g/mol. The van der Waals surface area contributed by atoms with E-state index >= 15 is 0 Å². The normalized spacial score (nSPS) is 16.6. The molecule has 1 amide bonds. The van der Waals surface area contributed by atoms with Crippen LogP contribution in [0.5, 0.6) is 0 Å². The number of hydrogen-bond acceptors (Lipinski definition) is 7. The molecule has 1 saturated heterocycles. The van der Waals surface area contributed by atoms with Gasteiger partial charge in [0.05, 0.1) is 22.1 Å². The second-order valence-electron chi connectivity index (χ2n) is 6.47. The minimum Gasteiger partial charge on any atom is -0.367 e. The number of amides is 1. The first kappa shape index (κ1) is 17.5. The van der Waals surface area contributed by atoms with E-state index in [0.29, 0.717) is 12.5 Å². The molecule has 0 spiro atoms. The summed E-state index contributed by atoms with van der Waals surface area (Å²) in [6.45, 7) is 5.03. The van der Waals surface area contributed by atoms with Gasteiger partial charge in [0, 0.05) is 32.4 Å². The van der Waals surface area contributed by atoms with Gasteiger partial charge >= 0.3 is 0 Å². The second kappa shape index (κ2) is 7.36. The number of aryl methyl sites for hydroxylation is 1. The van der Waals surface area contributed by atoms with Gasteiger partial charge < -0.3 is 15.5 Å². The molecule has 9 heteroatoms. The largest absolute Gasteiger partial charge is 0.367 e. The molecule has 4 rings (SSSR count). The maximum Gasteiger partial charge on any atom is 0.246 e. The van der Waals surface area contributed by atoms with E-state index < -0.39 is 0 Å². The van der Waals surface area contributed by atoms with Crippen molar-refractivity contribution in [3.05, 3.63) is 36.5 Å². The molecule has 4 heterocycles. The van der Waals surface area contributed by atoms with Gasteiger partial charge in [-0.3, -0.25) is 9.48 Å². The van der Waals surface area contributed by atoms with E-state index in [1.54, 1.807) is 22.2 Å². The van der Waals surface area contributed by atoms with Crippen molar-refractivity contribution < 1.29 is 4.79 Å². The van der Waals surface area contributed by atoms with E-state index in [0.717, 1.165) is 41.1 Å². The third-order valence-corrected chi connectivity index (χ3v) is 5.51. The van der Waals surface area contributed by atoms with E-state index in [1.165, 1.54) is 6.08 Å². The molecule has 2 N–H and O–H groups in total. The third kappa shape index (κ3) is 3.63. The summed E-state index contributed by atoms with van der Waals surface area (Å²) in [4.78, 5) is 23.1. The summed E-state index contributed by atoms with van der Waals surface area (Å²) < 4.78 is 2.72. The number of nitrogens with one attached hydrogen (secondary N) is 2. The van der Waals surface area contributed by atoms with Crippen LogP contribution in [-0.2, 0) is 11.8 Å². The lowest BCUT2D eigenvalue weighted by atomic mass is 10.2. The zero-order valence-corrected chi connectivity index (χ0v) is 15.9. The Balaban J connectivity index is 1.54. The standard InChI is InChI=1S/C18H21N7OS/c1-3-15(26)25-7-4-5-13(25)10-19-17-16-14(6-8-27-16)22-18(23-17)21-12-9-20-24(2)11-12/h3,6,8-9,11,13H,1,4-5,7,10H2,2H3,(H2,19,21,22,23)/t13-/m1/s1. The number of anilines is 3. The Kier molecular flexibility index (Phi) is 4.76. The molecule has 0 saturated carbocycles. The van der Waals surface area contributed by atoms with Crippen LogP contribution in [0.2, 0.25) is 0 Å². The van der Waals surface area contributed by atoms with Crippen molar-refractivity contribution in [2.24, 2.45) is 7.05 Å². The highest BCUT2D eigenvalue weighted by Gasteiger charge is 2.27. The van der Waals surface area contributed by atoms with Crippen LogP contribution < -0.4 is 10.6 Å². The molecule has 1 aliphatic heterocycles. The van der Waals surface area contributed by atoms with Gasteiger partial charge in [0.15, 0.2) is 0 Å². The Hall–Kier alpha value is -2.94. The first-order valence-electron chi connectivity index (χ1n) is 8.82. The molecule has 1 atom stereocenters. The Labute approximate surface area is 160 Å². The van der Waals surface area contributed by atoms with Crippen LogP contribution in [0, 0.1) is 0 Å². The number of carbonyl (C=O) groups is 1. The van der Waals surface area contributed by atoms with Gasteiger partial charge in [0.2, 0.25) is 11.9 Å². The molecule has 0 radical (unpaired) electrons. The smallest absolute Gasteiger partial charge is 0.246 e.